The number of aliphatic imine (C=N–C) groups is 1. The van der Waals surface area contributed by atoms with E-state index in [1.54, 1.807) is 24.3 Å². The number of carbonyl (C=O) groups excluding carboxylic acids is 5. The third-order valence-corrected chi connectivity index (χ3v) is 10.1. The number of Topliss-reactive ketones (excluding diaryl/α,β-unsaturated/α-hetero) is 1. The van der Waals surface area contributed by atoms with Crippen LogP contribution in [0, 0.1) is 11.8 Å². The predicted octanol–water partition coefficient (Wildman–Crippen LogP) is 2.25. The molecule has 10 N–H and O–H groups in total. The maximum absolute atomic E-state index is 13.8. The second-order valence-corrected chi connectivity index (χ2v) is 14.5. The zero-order valence-corrected chi connectivity index (χ0v) is 31.3. The summed E-state index contributed by atoms with van der Waals surface area (Å²) in [5.74, 6) is -6.56. The van der Waals surface area contributed by atoms with Crippen molar-refractivity contribution in [3.8, 4) is 0 Å². The van der Waals surface area contributed by atoms with Gasteiger partial charge in [0.2, 0.25) is 17.6 Å². The SMILES string of the molecule is NC(N)=NCCC[C@@H](NC(=O)C(=O)[C@@H](CC1CCCCC1)NC(=O)OCc1ccccc1)C(=O)N[C@@H](CCC(=O)O)C(=O)N[C@H](CC1CCCCC1)C(=O)O. The summed E-state index contributed by atoms with van der Waals surface area (Å²) in [6, 6.07) is 3.48. The number of alkyl carbamates (subject to hydrolysis) is 1. The average Bonchev–Trinajstić information content (AvgIpc) is 3.16. The number of ketones is 1. The Bertz CT molecular complexity index is 1470. The number of guanidine groups is 1. The largest absolute Gasteiger partial charge is 0.481 e. The average molecular weight is 772 g/mol. The maximum Gasteiger partial charge on any atom is 0.408 e. The Hall–Kier alpha value is -5.22. The number of carbonyl (C=O) groups is 7. The van der Waals surface area contributed by atoms with Crippen LogP contribution in [0.2, 0.25) is 0 Å². The molecular weight excluding hydrogens is 714 g/mol. The smallest absolute Gasteiger partial charge is 0.408 e. The van der Waals surface area contributed by atoms with Crippen molar-refractivity contribution in [1.82, 2.24) is 21.3 Å². The van der Waals surface area contributed by atoms with E-state index in [2.05, 4.69) is 26.3 Å². The summed E-state index contributed by atoms with van der Waals surface area (Å²) in [7, 11) is 0. The van der Waals surface area contributed by atoms with Gasteiger partial charge in [0.15, 0.2) is 5.96 Å². The van der Waals surface area contributed by atoms with Crippen molar-refractivity contribution < 1.29 is 48.5 Å². The molecule has 1 aromatic rings. The molecule has 2 aliphatic rings. The number of hydrogen-bond donors (Lipinski definition) is 8. The number of nitrogens with zero attached hydrogens (tertiary/aromatic N) is 1. The quantitative estimate of drug-likeness (QED) is 0.0365. The number of benzene rings is 1. The van der Waals surface area contributed by atoms with Crippen molar-refractivity contribution in [3.63, 3.8) is 0 Å². The lowest BCUT2D eigenvalue weighted by Gasteiger charge is -2.28. The molecule has 0 aliphatic heterocycles. The monoisotopic (exact) mass is 771 g/mol. The molecule has 0 aromatic heterocycles. The molecule has 0 spiro atoms. The van der Waals surface area contributed by atoms with E-state index in [4.69, 9.17) is 16.2 Å². The van der Waals surface area contributed by atoms with E-state index in [0.717, 1.165) is 69.8 Å². The van der Waals surface area contributed by atoms with Gasteiger partial charge in [0.05, 0.1) is 0 Å². The van der Waals surface area contributed by atoms with Crippen LogP contribution in [0.15, 0.2) is 35.3 Å². The number of carboxylic acids is 2. The molecular formula is C38H57N7O10. The number of hydrogen-bond acceptors (Lipinski definition) is 9. The highest BCUT2D eigenvalue weighted by molar-refractivity contribution is 6.38. The van der Waals surface area contributed by atoms with Gasteiger partial charge in [0.1, 0.15) is 30.8 Å². The van der Waals surface area contributed by atoms with Gasteiger partial charge < -0.3 is 47.7 Å². The van der Waals surface area contributed by atoms with E-state index >= 15 is 0 Å². The minimum absolute atomic E-state index is 0.0550. The van der Waals surface area contributed by atoms with Crippen LogP contribution in [-0.2, 0) is 40.1 Å². The van der Waals surface area contributed by atoms with Crippen LogP contribution in [0.25, 0.3) is 0 Å². The zero-order valence-electron chi connectivity index (χ0n) is 31.3. The van der Waals surface area contributed by atoms with Crippen LogP contribution in [-0.4, -0.2) is 88.4 Å². The molecule has 0 radical (unpaired) electrons. The first kappa shape index (κ1) is 44.2. The molecule has 0 unspecified atom stereocenters. The second-order valence-electron chi connectivity index (χ2n) is 14.5. The van der Waals surface area contributed by atoms with E-state index in [-0.39, 0.29) is 63.1 Å². The van der Waals surface area contributed by atoms with Crippen molar-refractivity contribution in [2.24, 2.45) is 28.3 Å². The summed E-state index contributed by atoms with van der Waals surface area (Å²) < 4.78 is 5.32. The van der Waals surface area contributed by atoms with Crippen LogP contribution < -0.4 is 32.7 Å². The van der Waals surface area contributed by atoms with Gasteiger partial charge in [-0.25, -0.2) is 9.59 Å². The summed E-state index contributed by atoms with van der Waals surface area (Å²) in [4.78, 5) is 94.8. The lowest BCUT2D eigenvalue weighted by Crippen LogP contribution is -2.57. The normalized spacial score (nSPS) is 16.9. The second kappa shape index (κ2) is 23.5. The Labute approximate surface area is 321 Å². The molecule has 4 amide bonds. The van der Waals surface area contributed by atoms with Gasteiger partial charge in [-0.2, -0.15) is 0 Å². The lowest BCUT2D eigenvalue weighted by atomic mass is 9.84. The fraction of sp³-hybridized carbons (Fsp3) is 0.632. The van der Waals surface area contributed by atoms with Crippen LogP contribution in [0.1, 0.15) is 108 Å². The molecule has 0 saturated heterocycles. The Balaban J connectivity index is 1.77. The highest BCUT2D eigenvalue weighted by atomic mass is 16.5. The Morgan fingerprint density at radius 1 is 0.709 bits per heavy atom. The summed E-state index contributed by atoms with van der Waals surface area (Å²) in [6.45, 7) is -0.00883. The number of carboxylic acid groups (broad SMARTS) is 2. The molecule has 1 aromatic carbocycles. The first-order valence-corrected chi connectivity index (χ1v) is 19.2. The third-order valence-electron chi connectivity index (χ3n) is 10.1. The zero-order chi connectivity index (χ0) is 40.2. The molecule has 17 heteroatoms. The van der Waals surface area contributed by atoms with Crippen molar-refractivity contribution in [3.05, 3.63) is 35.9 Å². The van der Waals surface area contributed by atoms with Crippen molar-refractivity contribution in [2.75, 3.05) is 6.54 Å². The van der Waals surface area contributed by atoms with Crippen molar-refractivity contribution in [2.45, 2.75) is 134 Å². The van der Waals surface area contributed by atoms with Gasteiger partial charge in [0, 0.05) is 13.0 Å². The van der Waals surface area contributed by atoms with Crippen LogP contribution in [0.5, 0.6) is 0 Å². The molecule has 3 rings (SSSR count). The van der Waals surface area contributed by atoms with E-state index in [1.807, 2.05) is 6.07 Å². The van der Waals surface area contributed by atoms with E-state index in [1.165, 1.54) is 0 Å². The maximum atomic E-state index is 13.8. The summed E-state index contributed by atoms with van der Waals surface area (Å²) in [6.07, 6.45) is 7.76. The fourth-order valence-electron chi connectivity index (χ4n) is 7.11. The van der Waals surface area contributed by atoms with E-state index in [0.29, 0.717) is 0 Å². The Morgan fingerprint density at radius 2 is 1.25 bits per heavy atom. The summed E-state index contributed by atoms with van der Waals surface area (Å²) in [5.41, 5.74) is 11.6. The fourth-order valence-corrected chi connectivity index (χ4v) is 7.11. The van der Waals surface area contributed by atoms with Gasteiger partial charge in [-0.3, -0.25) is 29.0 Å². The summed E-state index contributed by atoms with van der Waals surface area (Å²) >= 11 is 0. The highest BCUT2D eigenvalue weighted by Gasteiger charge is 2.35. The molecule has 55 heavy (non-hydrogen) atoms. The molecule has 2 fully saturated rings. The molecule has 2 aliphatic carbocycles. The number of aliphatic carboxylic acids is 2. The molecule has 2 saturated carbocycles. The first-order chi connectivity index (χ1) is 26.3. The van der Waals surface area contributed by atoms with Gasteiger partial charge in [-0.05, 0) is 49.5 Å². The third kappa shape index (κ3) is 16.8. The number of nitrogens with one attached hydrogen (secondary N) is 4. The molecule has 0 bridgehead atoms. The summed E-state index contributed by atoms with van der Waals surface area (Å²) in [5, 5.41) is 29.1. The van der Waals surface area contributed by atoms with Crippen molar-refractivity contribution >= 4 is 47.5 Å². The molecule has 0 heterocycles. The van der Waals surface area contributed by atoms with Crippen molar-refractivity contribution in [1.29, 1.82) is 0 Å². The van der Waals surface area contributed by atoms with E-state index < -0.39 is 72.1 Å². The number of rotatable bonds is 22. The Morgan fingerprint density at radius 3 is 1.80 bits per heavy atom. The predicted molar refractivity (Wildman–Crippen MR) is 201 cm³/mol. The van der Waals surface area contributed by atoms with Crippen LogP contribution in [0.3, 0.4) is 0 Å². The minimum atomic E-state index is -1.48. The number of nitrogens with two attached hydrogens (primary N) is 2. The molecule has 304 valence electrons. The molecule has 17 nitrogen and oxygen atoms in total. The number of amides is 4. The Kier molecular flexibility index (Phi) is 18.9. The van der Waals surface area contributed by atoms with E-state index in [9.17, 15) is 43.8 Å². The van der Waals surface area contributed by atoms with Gasteiger partial charge in [0.25, 0.3) is 5.91 Å². The first-order valence-electron chi connectivity index (χ1n) is 19.2. The van der Waals surface area contributed by atoms with Gasteiger partial charge >= 0.3 is 18.0 Å². The lowest BCUT2D eigenvalue weighted by molar-refractivity contribution is -0.143. The number of ether oxygens (including phenoxy) is 1. The minimum Gasteiger partial charge on any atom is -0.481 e. The molecule has 4 atom stereocenters. The van der Waals surface area contributed by atoms with Crippen LogP contribution >= 0.6 is 0 Å². The standard InChI is InChI=1S/C38H57N7O10/c39-37(40)41-20-10-17-27(33(49)42-28(18-19-31(46)47)34(50)44-30(36(52)53)22-25-13-6-2-7-14-25)43-35(51)32(48)29(21-24-11-4-1-5-12-24)45-38(54)55-23-26-15-8-3-9-16-26/h3,8-9,15-16,24-25,27-30H,1-2,4-7,10-14,17-23H2,(H,42,49)(H,43,51)(H,44,50)(H,45,54)(H,46,47)(H,52,53)(H4,39,40,41)/t27-,28+,29-,30-/m1/s1. The van der Waals surface area contributed by atoms with Crippen LogP contribution in [0.4, 0.5) is 4.79 Å². The highest BCUT2D eigenvalue weighted by Crippen LogP contribution is 2.28. The topological polar surface area (TPSA) is 282 Å². The van der Waals surface area contributed by atoms with Gasteiger partial charge in [-0.15, -0.1) is 0 Å². The van der Waals surface area contributed by atoms with Gasteiger partial charge in [-0.1, -0.05) is 94.5 Å².